The van der Waals surface area contributed by atoms with Gasteiger partial charge in [-0.05, 0) is 57.7 Å². The smallest absolute Gasteiger partial charge is 0.252 e. The van der Waals surface area contributed by atoms with Crippen molar-refractivity contribution in [2.24, 2.45) is 0 Å². The van der Waals surface area contributed by atoms with Crippen molar-refractivity contribution in [3.63, 3.8) is 0 Å². The van der Waals surface area contributed by atoms with Crippen LogP contribution in [0.15, 0.2) is 0 Å². The molecule has 3 unspecified atom stereocenters. The summed E-state index contributed by atoms with van der Waals surface area (Å²) in [5.74, 6) is -1.87. The third kappa shape index (κ3) is 7.94. The van der Waals surface area contributed by atoms with Gasteiger partial charge in [-0.2, -0.15) is 0 Å². The summed E-state index contributed by atoms with van der Waals surface area (Å²) >= 11 is 3.68. The molecule has 0 aliphatic carbocycles. The molecule has 0 aliphatic heterocycles. The number of hydrogen-bond donors (Lipinski definition) is 8. The second-order valence-electron chi connectivity index (χ2n) is 7.41. The Balaban J connectivity index is 3.73. The van der Waals surface area contributed by atoms with Crippen LogP contribution in [0.25, 0.3) is 0 Å². The first kappa shape index (κ1) is 30.9. The summed E-state index contributed by atoms with van der Waals surface area (Å²) in [5.41, 5.74) is 0.459. The number of aliphatic hydroxyl groups is 6. The maximum Gasteiger partial charge on any atom is 0.252 e. The number of anilines is 1. The molecule has 0 heterocycles. The van der Waals surface area contributed by atoms with Gasteiger partial charge in [-0.25, -0.2) is 0 Å². The van der Waals surface area contributed by atoms with Crippen molar-refractivity contribution in [2.45, 2.75) is 32.2 Å². The Labute approximate surface area is 223 Å². The van der Waals surface area contributed by atoms with Crippen molar-refractivity contribution in [1.29, 1.82) is 0 Å². The third-order valence-corrected chi connectivity index (χ3v) is 6.83. The Bertz CT molecular complexity index is 848. The van der Waals surface area contributed by atoms with Crippen LogP contribution in [0.1, 0.15) is 33.2 Å². The Morgan fingerprint density at radius 1 is 0.824 bits per heavy atom. The van der Waals surface area contributed by atoms with Gasteiger partial charge in [-0.15, -0.1) is 0 Å². The van der Waals surface area contributed by atoms with Gasteiger partial charge in [0, 0.05) is 20.0 Å². The van der Waals surface area contributed by atoms with Crippen LogP contribution in [0.5, 0.6) is 0 Å². The van der Waals surface area contributed by atoms with Gasteiger partial charge < -0.3 is 46.2 Å². The average Bonchev–Trinajstić information content (AvgIpc) is 2.79. The molecular weight excluding hydrogens is 680 g/mol. The number of nitrogens with one attached hydrogen (secondary N) is 2. The molecule has 0 spiro atoms. The first-order valence-electron chi connectivity index (χ1n) is 10.1. The Morgan fingerprint density at radius 2 is 1.21 bits per heavy atom. The number of rotatable bonds is 12. The minimum absolute atomic E-state index is 0.0266. The van der Waals surface area contributed by atoms with Crippen LogP contribution in [0, 0.1) is 14.1 Å². The summed E-state index contributed by atoms with van der Waals surface area (Å²) in [4.78, 5) is 39.6. The van der Waals surface area contributed by atoms with Gasteiger partial charge in [-0.3, -0.25) is 14.4 Å². The number of amides is 3. The maximum absolute atomic E-state index is 13.0. The molecule has 1 aromatic carbocycles. The van der Waals surface area contributed by atoms with Gasteiger partial charge in [0.05, 0.1) is 68.6 Å². The Morgan fingerprint density at radius 3 is 1.53 bits per heavy atom. The van der Waals surface area contributed by atoms with Gasteiger partial charge >= 0.3 is 0 Å². The van der Waals surface area contributed by atoms with E-state index >= 15 is 0 Å². The average molecular weight is 709 g/mol. The van der Waals surface area contributed by atoms with E-state index in [-0.39, 0.29) is 49.2 Å². The zero-order chi connectivity index (χ0) is 26.2. The van der Waals surface area contributed by atoms with Gasteiger partial charge in [0.1, 0.15) is 0 Å². The highest BCUT2D eigenvalue weighted by atomic mass is 127. The van der Waals surface area contributed by atoms with Crippen molar-refractivity contribution in [1.82, 2.24) is 10.6 Å². The molecule has 3 atom stereocenters. The molecular formula is C20H29I2N3O9. The van der Waals surface area contributed by atoms with Gasteiger partial charge in [0.15, 0.2) is 0 Å². The Kier molecular flexibility index (Phi) is 13.1. The van der Waals surface area contributed by atoms with Gasteiger partial charge in [0.25, 0.3) is 11.8 Å². The molecule has 1 aromatic rings. The SMILES string of the molecule is CC(=O)N(CC(O)CO)c1c(I)c(C(=O)NCC(O)CO)c(C)c(C(=O)NCC(O)CO)c1I. The van der Waals surface area contributed by atoms with Crippen LogP contribution in [0.4, 0.5) is 5.69 Å². The lowest BCUT2D eigenvalue weighted by atomic mass is 9.98. The number of aliphatic hydroxyl groups excluding tert-OH is 6. The number of benzene rings is 1. The van der Waals surface area contributed by atoms with E-state index in [1.807, 2.05) is 45.2 Å². The Hall–Kier alpha value is -1.15. The molecule has 34 heavy (non-hydrogen) atoms. The van der Waals surface area contributed by atoms with Crippen molar-refractivity contribution in [2.75, 3.05) is 44.4 Å². The summed E-state index contributed by atoms with van der Waals surface area (Å²) in [6, 6.07) is 0. The molecule has 0 saturated heterocycles. The minimum Gasteiger partial charge on any atom is -0.394 e. The molecule has 14 heteroatoms. The second kappa shape index (κ2) is 14.4. The fourth-order valence-corrected chi connectivity index (χ4v) is 5.87. The quantitative estimate of drug-likeness (QED) is 0.114. The monoisotopic (exact) mass is 709 g/mol. The van der Waals surface area contributed by atoms with E-state index in [4.69, 9.17) is 10.2 Å². The summed E-state index contributed by atoms with van der Waals surface area (Å²) in [5, 5.41) is 61.4. The van der Waals surface area contributed by atoms with Gasteiger partial charge in [0.2, 0.25) is 5.91 Å². The van der Waals surface area contributed by atoms with Crippen LogP contribution in [0.3, 0.4) is 0 Å². The molecule has 0 bridgehead atoms. The lowest BCUT2D eigenvalue weighted by molar-refractivity contribution is -0.117. The van der Waals surface area contributed by atoms with Crippen LogP contribution in [0.2, 0.25) is 0 Å². The second-order valence-corrected chi connectivity index (χ2v) is 9.57. The van der Waals surface area contributed by atoms with Crippen LogP contribution < -0.4 is 15.5 Å². The lowest BCUT2D eigenvalue weighted by Gasteiger charge is -2.29. The molecule has 12 nitrogen and oxygen atoms in total. The first-order valence-corrected chi connectivity index (χ1v) is 12.3. The fourth-order valence-electron chi connectivity index (χ4n) is 2.94. The zero-order valence-corrected chi connectivity index (χ0v) is 22.9. The lowest BCUT2D eigenvalue weighted by Crippen LogP contribution is -2.41. The van der Waals surface area contributed by atoms with Crippen molar-refractivity contribution < 1.29 is 45.0 Å². The van der Waals surface area contributed by atoms with E-state index in [0.29, 0.717) is 0 Å². The third-order valence-electron chi connectivity index (χ3n) is 4.73. The van der Waals surface area contributed by atoms with Crippen LogP contribution >= 0.6 is 45.2 Å². The minimum atomic E-state index is -1.29. The summed E-state index contributed by atoms with van der Waals surface area (Å²) in [6.45, 7) is 0.121. The molecule has 1 rings (SSSR count). The van der Waals surface area contributed by atoms with Crippen LogP contribution in [-0.4, -0.2) is 106 Å². The first-order chi connectivity index (χ1) is 15.9. The topological polar surface area (TPSA) is 200 Å². The van der Waals surface area contributed by atoms with E-state index in [2.05, 4.69) is 10.6 Å². The van der Waals surface area contributed by atoms with E-state index in [9.17, 15) is 34.8 Å². The predicted octanol–water partition coefficient (Wildman–Crippen LogP) is -1.92. The normalized spacial score (nSPS) is 13.7. The van der Waals surface area contributed by atoms with Crippen LogP contribution in [-0.2, 0) is 4.79 Å². The molecule has 3 amide bonds. The number of hydrogen-bond acceptors (Lipinski definition) is 9. The highest BCUT2D eigenvalue weighted by Gasteiger charge is 2.31. The summed E-state index contributed by atoms with van der Waals surface area (Å²) in [7, 11) is 0. The number of carbonyl (C=O) groups excluding carboxylic acids is 3. The van der Waals surface area contributed by atoms with Gasteiger partial charge in [-0.1, -0.05) is 0 Å². The highest BCUT2D eigenvalue weighted by Crippen LogP contribution is 2.37. The van der Waals surface area contributed by atoms with E-state index in [1.54, 1.807) is 0 Å². The van der Waals surface area contributed by atoms with Crippen molar-refractivity contribution >= 4 is 68.6 Å². The van der Waals surface area contributed by atoms with E-state index in [1.165, 1.54) is 13.8 Å². The standard InChI is InChI=1S/C20H29I2N3O9/c1-9-14(19(33)23-3-11(30)6-26)16(21)18(25(10(2)29)5-13(32)8-28)17(22)15(9)20(34)24-4-12(31)7-27/h11-13,26-28,30-32H,3-8H2,1-2H3,(H,23,33)(H,24,34). The van der Waals surface area contributed by atoms with Crippen molar-refractivity contribution in [3.8, 4) is 0 Å². The molecule has 8 N–H and O–H groups in total. The van der Waals surface area contributed by atoms with E-state index < -0.39 is 55.9 Å². The molecule has 192 valence electrons. The molecule has 0 aromatic heterocycles. The zero-order valence-electron chi connectivity index (χ0n) is 18.6. The fraction of sp³-hybridized carbons (Fsp3) is 0.550. The van der Waals surface area contributed by atoms with E-state index in [0.717, 1.165) is 4.90 Å². The molecule has 0 aliphatic rings. The molecule has 0 radical (unpaired) electrons. The predicted molar refractivity (Wildman–Crippen MR) is 139 cm³/mol. The molecule has 0 saturated carbocycles. The number of nitrogens with zero attached hydrogens (tertiary/aromatic N) is 1. The largest absolute Gasteiger partial charge is 0.394 e. The maximum atomic E-state index is 13.0. The number of carbonyl (C=O) groups is 3. The summed E-state index contributed by atoms with van der Waals surface area (Å²) in [6.07, 6.45) is -3.70. The highest BCUT2D eigenvalue weighted by molar-refractivity contribution is 14.1. The summed E-state index contributed by atoms with van der Waals surface area (Å²) < 4.78 is 0.561. The molecule has 0 fully saturated rings. The number of halogens is 2. The van der Waals surface area contributed by atoms with Crippen molar-refractivity contribution in [3.05, 3.63) is 23.8 Å².